The highest BCUT2D eigenvalue weighted by Crippen LogP contribution is 2.38. The van der Waals surface area contributed by atoms with Crippen LogP contribution in [0.5, 0.6) is 0 Å². The van der Waals surface area contributed by atoms with Crippen LogP contribution in [0.1, 0.15) is 56.4 Å². The second-order valence-corrected chi connectivity index (χ2v) is 10.8. The highest BCUT2D eigenvalue weighted by molar-refractivity contribution is 5.80. The second-order valence-electron chi connectivity index (χ2n) is 10.8. The van der Waals surface area contributed by atoms with E-state index in [-0.39, 0.29) is 0 Å². The zero-order chi connectivity index (χ0) is 31.3. The summed E-state index contributed by atoms with van der Waals surface area (Å²) in [6.45, 7) is 1.77. The fraction of sp³-hybridized carbons (Fsp3) is 0.696. The van der Waals surface area contributed by atoms with Gasteiger partial charge in [-0.2, -0.15) is 39.5 Å². The summed E-state index contributed by atoms with van der Waals surface area (Å²) in [6, 6.07) is -1.39. The Hall–Kier alpha value is -3.34. The van der Waals surface area contributed by atoms with Gasteiger partial charge in [0.05, 0.1) is 24.2 Å². The van der Waals surface area contributed by atoms with Crippen molar-refractivity contribution in [2.45, 2.75) is 76.7 Å². The minimum Gasteiger partial charge on any atom is -0.465 e. The number of fused-ring (bicyclic) bond motifs is 1. The highest BCUT2D eigenvalue weighted by atomic mass is 19.4. The molecule has 0 aromatic carbocycles. The number of carbonyl (C=O) groups is 3. The number of hydrogen-bond donors (Lipinski definition) is 1. The lowest BCUT2D eigenvalue weighted by atomic mass is 9.99. The number of hydrogen-bond acceptors (Lipinski definition) is 5. The van der Waals surface area contributed by atoms with Crippen LogP contribution in [0.3, 0.4) is 0 Å². The Morgan fingerprint density at radius 1 is 1.02 bits per heavy atom. The van der Waals surface area contributed by atoms with Crippen LogP contribution in [0.4, 0.5) is 44.3 Å². The van der Waals surface area contributed by atoms with Gasteiger partial charge in [-0.25, -0.2) is 14.8 Å². The second kappa shape index (κ2) is 10.8. The van der Waals surface area contributed by atoms with Crippen molar-refractivity contribution in [2.24, 2.45) is 5.92 Å². The average Bonchev–Trinajstić information content (AvgIpc) is 3.16. The maximum absolute atomic E-state index is 13.5. The van der Waals surface area contributed by atoms with E-state index in [9.17, 15) is 59.0 Å². The first kappa shape index (κ1) is 32.2. The fourth-order valence-corrected chi connectivity index (χ4v) is 4.99. The van der Waals surface area contributed by atoms with Crippen LogP contribution in [0.25, 0.3) is 0 Å². The van der Waals surface area contributed by atoms with Gasteiger partial charge in [0.15, 0.2) is 5.69 Å². The lowest BCUT2D eigenvalue weighted by molar-refractivity contribution is -0.171. The molecule has 1 unspecified atom stereocenters. The number of aromatic nitrogens is 2. The molecule has 0 bridgehead atoms. The summed E-state index contributed by atoms with van der Waals surface area (Å²) in [7, 11) is 0. The standard InChI is InChI=1S/C23H26F9N5O4/c1-20(2,3)37(19(40)41)12(9-36-8-11(6-15(36)38)21(24,25)26)7-16(39)35-5-4-13-14(10-35)33-18(23(30,31)32)34-17(13)22(27,28)29/h11-12H,4-10H2,1-3H3,(H,40,41)/t11?,12-/m0/s1. The Balaban J connectivity index is 1.91. The molecule has 2 aliphatic heterocycles. The molecule has 1 aromatic heterocycles. The van der Waals surface area contributed by atoms with Crippen molar-refractivity contribution in [1.82, 2.24) is 24.7 Å². The number of amides is 3. The van der Waals surface area contributed by atoms with E-state index in [1.54, 1.807) is 0 Å². The fourth-order valence-electron chi connectivity index (χ4n) is 4.99. The topological polar surface area (TPSA) is 107 Å². The quantitative estimate of drug-likeness (QED) is 0.500. The molecule has 2 atom stereocenters. The summed E-state index contributed by atoms with van der Waals surface area (Å²) in [4.78, 5) is 46.0. The molecule has 3 heterocycles. The van der Waals surface area contributed by atoms with E-state index in [1.165, 1.54) is 20.8 Å². The summed E-state index contributed by atoms with van der Waals surface area (Å²) in [6.07, 6.45) is -19.0. The van der Waals surface area contributed by atoms with Crippen LogP contribution in [-0.2, 0) is 34.9 Å². The van der Waals surface area contributed by atoms with Crippen LogP contribution < -0.4 is 0 Å². The van der Waals surface area contributed by atoms with E-state index < -0.39 is 122 Å². The molecule has 0 spiro atoms. The predicted octanol–water partition coefficient (Wildman–Crippen LogP) is 4.35. The first-order valence-electron chi connectivity index (χ1n) is 12.2. The van der Waals surface area contributed by atoms with Crippen LogP contribution in [-0.4, -0.2) is 85.1 Å². The molecule has 230 valence electrons. The maximum atomic E-state index is 13.5. The maximum Gasteiger partial charge on any atom is 0.451 e. The average molecular weight is 607 g/mol. The van der Waals surface area contributed by atoms with Gasteiger partial charge in [-0.05, 0) is 27.2 Å². The largest absolute Gasteiger partial charge is 0.465 e. The van der Waals surface area contributed by atoms with Crippen LogP contribution >= 0.6 is 0 Å². The van der Waals surface area contributed by atoms with Gasteiger partial charge >= 0.3 is 24.6 Å². The van der Waals surface area contributed by atoms with Crippen molar-refractivity contribution in [1.29, 1.82) is 0 Å². The third-order valence-corrected chi connectivity index (χ3v) is 6.75. The highest BCUT2D eigenvalue weighted by Gasteiger charge is 2.49. The van der Waals surface area contributed by atoms with Crippen LogP contribution in [0, 0.1) is 5.92 Å². The molecule has 0 aliphatic carbocycles. The van der Waals surface area contributed by atoms with Gasteiger partial charge in [0.2, 0.25) is 17.6 Å². The zero-order valence-electron chi connectivity index (χ0n) is 21.9. The van der Waals surface area contributed by atoms with E-state index in [4.69, 9.17) is 0 Å². The number of likely N-dealkylation sites (tertiary alicyclic amines) is 1. The lowest BCUT2D eigenvalue weighted by Gasteiger charge is -2.41. The Kier molecular flexibility index (Phi) is 8.49. The molecule has 0 saturated carbocycles. The lowest BCUT2D eigenvalue weighted by Crippen LogP contribution is -2.56. The van der Waals surface area contributed by atoms with E-state index in [2.05, 4.69) is 9.97 Å². The van der Waals surface area contributed by atoms with Crippen molar-refractivity contribution < 1.29 is 59.0 Å². The zero-order valence-corrected chi connectivity index (χ0v) is 21.9. The van der Waals surface area contributed by atoms with Gasteiger partial charge in [-0.15, -0.1) is 0 Å². The van der Waals surface area contributed by atoms with Crippen molar-refractivity contribution in [2.75, 3.05) is 19.6 Å². The van der Waals surface area contributed by atoms with Crippen molar-refractivity contribution >= 4 is 17.9 Å². The molecule has 18 heteroatoms. The summed E-state index contributed by atoms with van der Waals surface area (Å²) < 4.78 is 120. The molecule has 2 aliphatic rings. The molecule has 9 nitrogen and oxygen atoms in total. The summed E-state index contributed by atoms with van der Waals surface area (Å²) >= 11 is 0. The van der Waals surface area contributed by atoms with E-state index in [0.717, 1.165) is 14.7 Å². The van der Waals surface area contributed by atoms with Gasteiger partial charge in [0.25, 0.3) is 0 Å². The summed E-state index contributed by atoms with van der Waals surface area (Å²) in [5.74, 6) is -5.86. The Morgan fingerprint density at radius 3 is 2.10 bits per heavy atom. The van der Waals surface area contributed by atoms with E-state index in [0.29, 0.717) is 0 Å². The summed E-state index contributed by atoms with van der Waals surface area (Å²) in [5, 5.41) is 9.85. The first-order chi connectivity index (χ1) is 18.5. The number of carbonyl (C=O) groups excluding carboxylic acids is 2. The van der Waals surface area contributed by atoms with Crippen LogP contribution in [0.2, 0.25) is 0 Å². The number of alkyl halides is 9. The molecule has 41 heavy (non-hydrogen) atoms. The predicted molar refractivity (Wildman–Crippen MR) is 120 cm³/mol. The minimum absolute atomic E-state index is 0.405. The number of halogens is 9. The Bertz CT molecular complexity index is 1190. The van der Waals surface area contributed by atoms with Crippen molar-refractivity contribution in [3.63, 3.8) is 0 Å². The molecule has 0 radical (unpaired) electrons. The van der Waals surface area contributed by atoms with Gasteiger partial charge < -0.3 is 14.9 Å². The molecular weight excluding hydrogens is 581 g/mol. The Morgan fingerprint density at radius 2 is 1.63 bits per heavy atom. The van der Waals surface area contributed by atoms with Crippen molar-refractivity contribution in [3.05, 3.63) is 22.8 Å². The van der Waals surface area contributed by atoms with Gasteiger partial charge in [0, 0.05) is 43.6 Å². The minimum atomic E-state index is -5.32. The Labute approximate surface area is 227 Å². The molecule has 1 aromatic rings. The molecular formula is C23H26F9N5O4. The summed E-state index contributed by atoms with van der Waals surface area (Å²) in [5.41, 5.74) is -4.30. The smallest absolute Gasteiger partial charge is 0.451 e. The molecule has 3 rings (SSSR count). The van der Waals surface area contributed by atoms with Gasteiger partial charge in [-0.3, -0.25) is 14.5 Å². The van der Waals surface area contributed by atoms with Crippen LogP contribution in [0.15, 0.2) is 0 Å². The monoisotopic (exact) mass is 607 g/mol. The molecule has 1 fully saturated rings. The molecule has 3 amide bonds. The first-order valence-corrected chi connectivity index (χ1v) is 12.2. The molecule has 1 saturated heterocycles. The normalized spacial score (nSPS) is 19.3. The van der Waals surface area contributed by atoms with E-state index in [1.807, 2.05) is 0 Å². The van der Waals surface area contributed by atoms with Gasteiger partial charge in [-0.1, -0.05) is 0 Å². The van der Waals surface area contributed by atoms with Crippen molar-refractivity contribution in [3.8, 4) is 0 Å². The number of carboxylic acid groups (broad SMARTS) is 1. The number of rotatable bonds is 5. The third-order valence-electron chi connectivity index (χ3n) is 6.75. The SMILES string of the molecule is CC(C)(C)N(C(=O)O)[C@@H](CC(=O)N1CCc2c(nc(C(F)(F)F)nc2C(F)(F)F)C1)CN1CC(C(F)(F)F)CC1=O. The number of nitrogens with zero attached hydrogens (tertiary/aromatic N) is 5. The van der Waals surface area contributed by atoms with Gasteiger partial charge in [0.1, 0.15) is 0 Å². The van der Waals surface area contributed by atoms with E-state index >= 15 is 0 Å². The third kappa shape index (κ3) is 7.30. The molecule has 1 N–H and O–H groups in total.